The summed E-state index contributed by atoms with van der Waals surface area (Å²) in [5, 5.41) is 4.66. The number of nitrogens with zero attached hydrogens (tertiary/aromatic N) is 1. The predicted octanol–water partition coefficient (Wildman–Crippen LogP) is 5.25. The van der Waals surface area contributed by atoms with Gasteiger partial charge < -0.3 is 10.1 Å². The maximum Gasteiger partial charge on any atom is 0.218 e. The molecule has 3 aromatic rings. The third-order valence-electron chi connectivity index (χ3n) is 4.22. The van der Waals surface area contributed by atoms with Crippen molar-refractivity contribution in [2.24, 2.45) is 0 Å². The Kier molecular flexibility index (Phi) is 5.59. The van der Waals surface area contributed by atoms with Crippen molar-refractivity contribution < 1.29 is 9.53 Å². The van der Waals surface area contributed by atoms with Crippen LogP contribution in [-0.4, -0.2) is 29.0 Å². The zero-order chi connectivity index (χ0) is 19.6. The zero-order valence-electron chi connectivity index (χ0n) is 16.1. The Bertz CT molecular complexity index is 942. The van der Waals surface area contributed by atoms with Gasteiger partial charge in [0.1, 0.15) is 11.6 Å². The lowest BCUT2D eigenvalue weighted by molar-refractivity contribution is 0.112. The molecule has 1 atom stereocenters. The molecule has 0 aliphatic rings. The van der Waals surface area contributed by atoms with Gasteiger partial charge in [-0.15, -0.1) is 0 Å². The SMILES string of the molecule is CC(COc1c(Cl)c2c(C=O)cccc2n1-c1ccccc1)NC(C)(C)C. The summed E-state index contributed by atoms with van der Waals surface area (Å²) in [6, 6.07) is 15.6. The Morgan fingerprint density at radius 1 is 1.15 bits per heavy atom. The maximum absolute atomic E-state index is 11.5. The number of benzene rings is 2. The zero-order valence-corrected chi connectivity index (χ0v) is 16.9. The van der Waals surface area contributed by atoms with Crippen molar-refractivity contribution in [2.45, 2.75) is 39.3 Å². The van der Waals surface area contributed by atoms with Crippen molar-refractivity contribution in [3.63, 3.8) is 0 Å². The minimum Gasteiger partial charge on any atom is -0.476 e. The highest BCUT2D eigenvalue weighted by Gasteiger charge is 2.22. The molecular formula is C22H25ClN2O2. The van der Waals surface area contributed by atoms with E-state index < -0.39 is 0 Å². The molecule has 0 amide bonds. The Balaban J connectivity index is 2.08. The van der Waals surface area contributed by atoms with Crippen LogP contribution in [0.2, 0.25) is 5.02 Å². The van der Waals surface area contributed by atoms with Crippen molar-refractivity contribution in [3.8, 4) is 11.6 Å². The highest BCUT2D eigenvalue weighted by molar-refractivity contribution is 6.38. The molecule has 0 aliphatic heterocycles. The van der Waals surface area contributed by atoms with Crippen molar-refractivity contribution in [1.82, 2.24) is 9.88 Å². The lowest BCUT2D eigenvalue weighted by Crippen LogP contribution is -2.44. The molecule has 4 nitrogen and oxygen atoms in total. The van der Waals surface area contributed by atoms with E-state index in [1.807, 2.05) is 47.0 Å². The van der Waals surface area contributed by atoms with Crippen LogP contribution in [0, 0.1) is 0 Å². The monoisotopic (exact) mass is 384 g/mol. The number of para-hydroxylation sites is 1. The van der Waals surface area contributed by atoms with Gasteiger partial charge in [-0.1, -0.05) is 41.9 Å². The molecule has 1 aromatic heterocycles. The summed E-state index contributed by atoms with van der Waals surface area (Å²) in [5.74, 6) is 0.551. The second-order valence-corrected chi connectivity index (χ2v) is 8.13. The molecule has 1 heterocycles. The van der Waals surface area contributed by atoms with E-state index in [0.717, 1.165) is 17.5 Å². The van der Waals surface area contributed by atoms with Crippen LogP contribution in [0.4, 0.5) is 0 Å². The molecule has 0 bridgehead atoms. The second-order valence-electron chi connectivity index (χ2n) is 7.76. The van der Waals surface area contributed by atoms with Gasteiger partial charge in [0.25, 0.3) is 0 Å². The average molecular weight is 385 g/mol. The molecular weight excluding hydrogens is 360 g/mol. The van der Waals surface area contributed by atoms with Crippen LogP contribution >= 0.6 is 11.6 Å². The van der Waals surface area contributed by atoms with E-state index in [1.165, 1.54) is 0 Å². The molecule has 0 radical (unpaired) electrons. The highest BCUT2D eigenvalue weighted by atomic mass is 35.5. The van der Waals surface area contributed by atoms with Gasteiger partial charge in [0.2, 0.25) is 5.88 Å². The molecule has 5 heteroatoms. The normalized spacial score (nSPS) is 12.9. The molecule has 27 heavy (non-hydrogen) atoms. The Morgan fingerprint density at radius 3 is 2.48 bits per heavy atom. The average Bonchev–Trinajstić information content (AvgIpc) is 2.91. The number of halogens is 1. The number of carbonyl (C=O) groups is 1. The largest absolute Gasteiger partial charge is 0.476 e. The van der Waals surface area contributed by atoms with E-state index in [-0.39, 0.29) is 11.6 Å². The van der Waals surface area contributed by atoms with Gasteiger partial charge in [-0.3, -0.25) is 9.36 Å². The molecule has 0 fully saturated rings. The number of carbonyl (C=O) groups excluding carboxylic acids is 1. The Hall–Kier alpha value is -2.30. The maximum atomic E-state index is 11.5. The number of fused-ring (bicyclic) bond motifs is 1. The first-order chi connectivity index (χ1) is 12.8. The van der Waals surface area contributed by atoms with E-state index in [0.29, 0.717) is 28.5 Å². The summed E-state index contributed by atoms with van der Waals surface area (Å²) in [7, 11) is 0. The predicted molar refractivity (Wildman–Crippen MR) is 112 cm³/mol. The Labute approximate surface area is 165 Å². The van der Waals surface area contributed by atoms with Crippen LogP contribution in [0.1, 0.15) is 38.1 Å². The molecule has 0 aliphatic carbocycles. The number of aldehydes is 1. The van der Waals surface area contributed by atoms with E-state index >= 15 is 0 Å². The molecule has 2 aromatic carbocycles. The van der Waals surface area contributed by atoms with Crippen LogP contribution in [0.5, 0.6) is 5.88 Å². The first kappa shape index (κ1) is 19.5. The van der Waals surface area contributed by atoms with Gasteiger partial charge in [-0.25, -0.2) is 0 Å². The Morgan fingerprint density at radius 2 is 1.85 bits per heavy atom. The molecule has 0 saturated heterocycles. The lowest BCUT2D eigenvalue weighted by Gasteiger charge is -2.26. The standard InChI is InChI=1S/C22H25ClN2O2/c1-15(24-22(2,3)4)14-27-21-20(23)19-16(13-26)9-8-12-18(19)25(21)17-10-6-5-7-11-17/h5-13,15,24H,14H2,1-4H3. The lowest BCUT2D eigenvalue weighted by atomic mass is 10.1. The number of hydrogen-bond acceptors (Lipinski definition) is 3. The summed E-state index contributed by atoms with van der Waals surface area (Å²) in [5.41, 5.74) is 2.33. The number of rotatable bonds is 6. The molecule has 1 unspecified atom stereocenters. The number of aromatic nitrogens is 1. The molecule has 142 valence electrons. The fraction of sp³-hybridized carbons (Fsp3) is 0.318. The van der Waals surface area contributed by atoms with Gasteiger partial charge in [0, 0.05) is 28.2 Å². The first-order valence-corrected chi connectivity index (χ1v) is 9.43. The van der Waals surface area contributed by atoms with Crippen LogP contribution in [0.15, 0.2) is 48.5 Å². The van der Waals surface area contributed by atoms with Crippen molar-refractivity contribution in [2.75, 3.05) is 6.61 Å². The summed E-state index contributed by atoms with van der Waals surface area (Å²) in [6.07, 6.45) is 0.830. The van der Waals surface area contributed by atoms with E-state index in [2.05, 4.69) is 33.0 Å². The quantitative estimate of drug-likeness (QED) is 0.590. The molecule has 0 spiro atoms. The molecule has 0 saturated carbocycles. The topological polar surface area (TPSA) is 43.3 Å². The minimum atomic E-state index is -0.0105. The van der Waals surface area contributed by atoms with Crippen molar-refractivity contribution >= 4 is 28.8 Å². The van der Waals surface area contributed by atoms with Crippen LogP contribution in [0.3, 0.4) is 0 Å². The second kappa shape index (κ2) is 7.75. The third kappa shape index (κ3) is 4.18. The summed E-state index contributed by atoms with van der Waals surface area (Å²) >= 11 is 6.69. The smallest absolute Gasteiger partial charge is 0.218 e. The van der Waals surface area contributed by atoms with E-state index in [4.69, 9.17) is 16.3 Å². The minimum absolute atomic E-state index is 0.0105. The number of ether oxygens (including phenoxy) is 1. The fourth-order valence-electron chi connectivity index (χ4n) is 3.34. The summed E-state index contributed by atoms with van der Waals surface area (Å²) in [4.78, 5) is 11.5. The fourth-order valence-corrected chi connectivity index (χ4v) is 3.69. The van der Waals surface area contributed by atoms with E-state index in [1.54, 1.807) is 6.07 Å². The summed E-state index contributed by atoms with van der Waals surface area (Å²) in [6.45, 7) is 8.89. The van der Waals surface area contributed by atoms with Gasteiger partial charge in [-0.05, 0) is 45.9 Å². The first-order valence-electron chi connectivity index (χ1n) is 9.06. The van der Waals surface area contributed by atoms with Crippen LogP contribution < -0.4 is 10.1 Å². The number of nitrogens with one attached hydrogen (secondary N) is 1. The molecule has 1 N–H and O–H groups in total. The van der Waals surface area contributed by atoms with E-state index in [9.17, 15) is 4.79 Å². The van der Waals surface area contributed by atoms with Crippen LogP contribution in [-0.2, 0) is 0 Å². The molecule has 3 rings (SSSR count). The summed E-state index contributed by atoms with van der Waals surface area (Å²) < 4.78 is 8.13. The van der Waals surface area contributed by atoms with Crippen molar-refractivity contribution in [1.29, 1.82) is 0 Å². The third-order valence-corrected chi connectivity index (χ3v) is 4.57. The van der Waals surface area contributed by atoms with Crippen LogP contribution in [0.25, 0.3) is 16.6 Å². The number of hydrogen-bond donors (Lipinski definition) is 1. The van der Waals surface area contributed by atoms with Gasteiger partial charge in [0.05, 0.1) is 5.52 Å². The highest BCUT2D eigenvalue weighted by Crippen LogP contribution is 2.40. The van der Waals surface area contributed by atoms with Gasteiger partial charge in [0.15, 0.2) is 6.29 Å². The van der Waals surface area contributed by atoms with Gasteiger partial charge in [-0.2, -0.15) is 0 Å². The van der Waals surface area contributed by atoms with Crippen molar-refractivity contribution in [3.05, 3.63) is 59.1 Å². The van der Waals surface area contributed by atoms with Gasteiger partial charge >= 0.3 is 0 Å².